The van der Waals surface area contributed by atoms with Gasteiger partial charge in [-0.25, -0.2) is 4.39 Å². The highest BCUT2D eigenvalue weighted by Gasteiger charge is 2.25. The van der Waals surface area contributed by atoms with E-state index in [1.807, 2.05) is 0 Å². The van der Waals surface area contributed by atoms with Crippen LogP contribution in [0.4, 0.5) is 4.39 Å². The van der Waals surface area contributed by atoms with Crippen LogP contribution in [0, 0.1) is 11.7 Å². The highest BCUT2D eigenvalue weighted by Crippen LogP contribution is 2.23. The van der Waals surface area contributed by atoms with Crippen molar-refractivity contribution in [1.82, 2.24) is 10.2 Å². The van der Waals surface area contributed by atoms with E-state index in [1.54, 1.807) is 12.1 Å². The van der Waals surface area contributed by atoms with Crippen LogP contribution >= 0.6 is 15.9 Å². The van der Waals surface area contributed by atoms with Crippen molar-refractivity contribution in [3.8, 4) is 0 Å². The molecule has 1 heterocycles. The third-order valence-electron chi connectivity index (χ3n) is 3.72. The Hall–Kier alpha value is -0.980. The molecule has 1 aliphatic heterocycles. The van der Waals surface area contributed by atoms with Crippen molar-refractivity contribution in [2.24, 2.45) is 11.7 Å². The fraction of sp³-hybridized carbons (Fsp3) is 0.533. The van der Waals surface area contributed by atoms with Crippen LogP contribution in [0.25, 0.3) is 0 Å². The van der Waals surface area contributed by atoms with E-state index in [2.05, 4.69) is 26.1 Å². The SMILES string of the molecule is NCCNC(=O)C1CCCN(Cc2cc(F)ccc2Br)C1. The summed E-state index contributed by atoms with van der Waals surface area (Å²) in [6.07, 6.45) is 1.88. The van der Waals surface area contributed by atoms with Gasteiger partial charge >= 0.3 is 0 Å². The van der Waals surface area contributed by atoms with Gasteiger partial charge in [-0.2, -0.15) is 0 Å². The van der Waals surface area contributed by atoms with Crippen LogP contribution in [-0.4, -0.2) is 37.0 Å². The minimum absolute atomic E-state index is 0.00219. The maximum atomic E-state index is 13.3. The quantitative estimate of drug-likeness (QED) is 0.845. The molecule has 4 nitrogen and oxygen atoms in total. The van der Waals surface area contributed by atoms with Crippen LogP contribution in [0.15, 0.2) is 22.7 Å². The minimum atomic E-state index is -0.234. The van der Waals surface area contributed by atoms with E-state index in [0.29, 0.717) is 26.2 Å². The molecule has 1 aromatic carbocycles. The van der Waals surface area contributed by atoms with Gasteiger partial charge in [-0.1, -0.05) is 15.9 Å². The highest BCUT2D eigenvalue weighted by atomic mass is 79.9. The normalized spacial score (nSPS) is 19.5. The second kappa shape index (κ2) is 7.87. The zero-order valence-electron chi connectivity index (χ0n) is 11.9. The first-order valence-electron chi connectivity index (χ1n) is 7.24. The van der Waals surface area contributed by atoms with Crippen LogP contribution in [0.3, 0.4) is 0 Å². The summed E-state index contributed by atoms with van der Waals surface area (Å²) in [6.45, 7) is 3.27. The summed E-state index contributed by atoms with van der Waals surface area (Å²) in [6, 6.07) is 4.70. The topological polar surface area (TPSA) is 58.4 Å². The Bertz CT molecular complexity index is 498. The Kier molecular flexibility index (Phi) is 6.14. The lowest BCUT2D eigenvalue weighted by atomic mass is 9.96. The number of carbonyl (C=O) groups is 1. The van der Waals surface area contributed by atoms with Gasteiger partial charge in [-0.15, -0.1) is 0 Å². The predicted octanol–water partition coefficient (Wildman–Crippen LogP) is 1.88. The van der Waals surface area contributed by atoms with Crippen molar-refractivity contribution >= 4 is 21.8 Å². The van der Waals surface area contributed by atoms with Gasteiger partial charge in [0.1, 0.15) is 5.82 Å². The van der Waals surface area contributed by atoms with Gasteiger partial charge in [0.05, 0.1) is 5.92 Å². The molecule has 2 rings (SSSR count). The van der Waals surface area contributed by atoms with Crippen molar-refractivity contribution < 1.29 is 9.18 Å². The van der Waals surface area contributed by atoms with E-state index in [4.69, 9.17) is 5.73 Å². The molecule has 3 N–H and O–H groups in total. The molecular weight excluding hydrogens is 337 g/mol. The molecule has 1 saturated heterocycles. The van der Waals surface area contributed by atoms with Gasteiger partial charge in [0, 0.05) is 30.7 Å². The summed E-state index contributed by atoms with van der Waals surface area (Å²) in [4.78, 5) is 14.2. The van der Waals surface area contributed by atoms with Gasteiger partial charge in [-0.05, 0) is 43.1 Å². The molecule has 116 valence electrons. The third kappa shape index (κ3) is 4.76. The number of halogens is 2. The van der Waals surface area contributed by atoms with Gasteiger partial charge < -0.3 is 11.1 Å². The van der Waals surface area contributed by atoms with Crippen molar-refractivity contribution in [2.45, 2.75) is 19.4 Å². The Morgan fingerprint density at radius 3 is 3.10 bits per heavy atom. The molecule has 0 bridgehead atoms. The molecule has 0 spiro atoms. The van der Waals surface area contributed by atoms with E-state index in [1.165, 1.54) is 6.07 Å². The van der Waals surface area contributed by atoms with Crippen LogP contribution in [-0.2, 0) is 11.3 Å². The molecule has 0 aromatic heterocycles. The van der Waals surface area contributed by atoms with E-state index < -0.39 is 0 Å². The summed E-state index contributed by atoms with van der Waals surface area (Å²) < 4.78 is 14.2. The van der Waals surface area contributed by atoms with Gasteiger partial charge in [-0.3, -0.25) is 9.69 Å². The summed E-state index contributed by atoms with van der Waals surface area (Å²) in [5.74, 6) is -0.163. The lowest BCUT2D eigenvalue weighted by molar-refractivity contribution is -0.126. The number of piperidine rings is 1. The lowest BCUT2D eigenvalue weighted by Crippen LogP contribution is -2.43. The van der Waals surface area contributed by atoms with Crippen molar-refractivity contribution in [1.29, 1.82) is 0 Å². The fourth-order valence-corrected chi connectivity index (χ4v) is 3.03. The highest BCUT2D eigenvalue weighted by molar-refractivity contribution is 9.10. The molecule has 1 aliphatic rings. The number of carbonyl (C=O) groups excluding carboxylic acids is 1. The Balaban J connectivity index is 1.94. The van der Waals surface area contributed by atoms with Crippen molar-refractivity contribution in [3.05, 3.63) is 34.1 Å². The van der Waals surface area contributed by atoms with Crippen LogP contribution in [0.2, 0.25) is 0 Å². The fourth-order valence-electron chi connectivity index (χ4n) is 2.66. The molecule has 0 saturated carbocycles. The zero-order valence-corrected chi connectivity index (χ0v) is 13.5. The van der Waals surface area contributed by atoms with Crippen LogP contribution in [0.1, 0.15) is 18.4 Å². The molecule has 1 aromatic rings. The zero-order chi connectivity index (χ0) is 15.2. The number of nitrogens with one attached hydrogen (secondary N) is 1. The molecule has 6 heteroatoms. The molecular formula is C15H21BrFN3O. The van der Waals surface area contributed by atoms with E-state index >= 15 is 0 Å². The second-order valence-electron chi connectivity index (χ2n) is 5.39. The third-order valence-corrected chi connectivity index (χ3v) is 4.50. The van der Waals surface area contributed by atoms with E-state index in [-0.39, 0.29) is 17.6 Å². The molecule has 21 heavy (non-hydrogen) atoms. The molecule has 1 atom stereocenters. The first kappa shape index (κ1) is 16.4. The average Bonchev–Trinajstić information content (AvgIpc) is 2.49. The summed E-state index contributed by atoms with van der Waals surface area (Å²) in [7, 11) is 0. The second-order valence-corrected chi connectivity index (χ2v) is 6.24. The standard InChI is InChI=1S/C15H21BrFN3O/c16-14-4-3-13(17)8-12(14)10-20-7-1-2-11(9-20)15(21)19-6-5-18/h3-4,8,11H,1-2,5-7,9-10,18H2,(H,19,21). The summed E-state index contributed by atoms with van der Waals surface area (Å²) >= 11 is 3.45. The first-order valence-corrected chi connectivity index (χ1v) is 8.03. The number of nitrogens with zero attached hydrogens (tertiary/aromatic N) is 1. The summed E-state index contributed by atoms with van der Waals surface area (Å²) in [5.41, 5.74) is 6.32. The van der Waals surface area contributed by atoms with E-state index in [0.717, 1.165) is 29.4 Å². The number of hydrogen-bond acceptors (Lipinski definition) is 3. The van der Waals surface area contributed by atoms with Crippen LogP contribution < -0.4 is 11.1 Å². The first-order chi connectivity index (χ1) is 10.1. The van der Waals surface area contributed by atoms with Gasteiger partial charge in [0.15, 0.2) is 0 Å². The average molecular weight is 358 g/mol. The monoisotopic (exact) mass is 357 g/mol. The van der Waals surface area contributed by atoms with Crippen molar-refractivity contribution in [2.75, 3.05) is 26.2 Å². The Morgan fingerprint density at radius 2 is 2.33 bits per heavy atom. The lowest BCUT2D eigenvalue weighted by Gasteiger charge is -2.32. The molecule has 0 radical (unpaired) electrons. The molecule has 1 fully saturated rings. The number of likely N-dealkylation sites (tertiary alicyclic amines) is 1. The number of benzene rings is 1. The number of nitrogens with two attached hydrogens (primary N) is 1. The number of hydrogen-bond donors (Lipinski definition) is 2. The summed E-state index contributed by atoms with van der Waals surface area (Å²) in [5, 5.41) is 2.85. The molecule has 0 aliphatic carbocycles. The number of amides is 1. The van der Waals surface area contributed by atoms with Crippen LogP contribution in [0.5, 0.6) is 0 Å². The van der Waals surface area contributed by atoms with Gasteiger partial charge in [0.25, 0.3) is 0 Å². The van der Waals surface area contributed by atoms with Gasteiger partial charge in [0.2, 0.25) is 5.91 Å². The minimum Gasteiger partial charge on any atom is -0.355 e. The largest absolute Gasteiger partial charge is 0.355 e. The Morgan fingerprint density at radius 1 is 1.52 bits per heavy atom. The maximum absolute atomic E-state index is 13.3. The van der Waals surface area contributed by atoms with Crippen molar-refractivity contribution in [3.63, 3.8) is 0 Å². The smallest absolute Gasteiger partial charge is 0.224 e. The molecule has 1 amide bonds. The Labute approximate surface area is 133 Å². The maximum Gasteiger partial charge on any atom is 0.224 e. The van der Waals surface area contributed by atoms with E-state index in [9.17, 15) is 9.18 Å². The number of rotatable bonds is 5. The predicted molar refractivity (Wildman–Crippen MR) is 84.2 cm³/mol. The molecule has 1 unspecified atom stereocenters.